The minimum Gasteiger partial charge on any atom is -0.304 e. The number of aromatic nitrogens is 4. The Balaban J connectivity index is 1.87. The maximum Gasteiger partial charge on any atom is 0.324 e. The topological polar surface area (TPSA) is 87.6 Å². The highest BCUT2D eigenvalue weighted by Crippen LogP contribution is 2.28. The van der Waals surface area contributed by atoms with Gasteiger partial charge in [0.15, 0.2) is 5.82 Å². The van der Waals surface area contributed by atoms with Gasteiger partial charge in [-0.2, -0.15) is 10.2 Å². The summed E-state index contributed by atoms with van der Waals surface area (Å²) >= 11 is 1.52. The first kappa shape index (κ1) is 16.1. The summed E-state index contributed by atoms with van der Waals surface area (Å²) in [6.45, 7) is 3.69. The fourth-order valence-corrected chi connectivity index (χ4v) is 2.83. The van der Waals surface area contributed by atoms with Gasteiger partial charge >= 0.3 is 6.03 Å². The van der Waals surface area contributed by atoms with Crippen molar-refractivity contribution in [2.45, 2.75) is 18.7 Å². The molecule has 0 aliphatic rings. The predicted molar refractivity (Wildman–Crippen MR) is 96.0 cm³/mol. The molecule has 3 N–H and O–H groups in total. The number of H-pyrrole nitrogens is 1. The van der Waals surface area contributed by atoms with Crippen molar-refractivity contribution in [2.75, 3.05) is 16.9 Å². The fraction of sp³-hybridized carbons (Fsp3) is 0.188. The lowest BCUT2D eigenvalue weighted by molar-refractivity contribution is 0.262. The van der Waals surface area contributed by atoms with Gasteiger partial charge in [0, 0.05) is 0 Å². The number of aryl methyl sites for hydroxylation is 2. The number of nitrogens with one attached hydrogen (secondary N) is 3. The second-order valence-electron chi connectivity index (χ2n) is 5.20. The lowest BCUT2D eigenvalue weighted by atomic mass is 10.3. The van der Waals surface area contributed by atoms with Crippen molar-refractivity contribution < 1.29 is 4.79 Å². The Hall–Kier alpha value is -2.74. The van der Waals surface area contributed by atoms with Crippen LogP contribution < -0.4 is 10.6 Å². The highest BCUT2D eigenvalue weighted by molar-refractivity contribution is 7.98. The Kier molecular flexibility index (Phi) is 4.57. The van der Waals surface area contributed by atoms with E-state index in [0.717, 1.165) is 22.0 Å². The largest absolute Gasteiger partial charge is 0.324 e. The van der Waals surface area contributed by atoms with Crippen molar-refractivity contribution in [3.63, 3.8) is 0 Å². The zero-order valence-corrected chi connectivity index (χ0v) is 14.4. The monoisotopic (exact) mass is 342 g/mol. The molecule has 0 fully saturated rings. The lowest BCUT2D eigenvalue weighted by Crippen LogP contribution is -2.22. The molecule has 8 heteroatoms. The van der Waals surface area contributed by atoms with Crippen LogP contribution in [0.15, 0.2) is 41.4 Å². The van der Waals surface area contributed by atoms with Gasteiger partial charge in [0.1, 0.15) is 0 Å². The Bertz CT molecular complexity index is 835. The summed E-state index contributed by atoms with van der Waals surface area (Å²) in [5, 5.41) is 17.0. The van der Waals surface area contributed by atoms with Gasteiger partial charge in [-0.15, -0.1) is 11.8 Å². The normalized spacial score (nSPS) is 10.6. The van der Waals surface area contributed by atoms with E-state index in [1.54, 1.807) is 10.9 Å². The molecule has 0 saturated carbocycles. The molecule has 0 spiro atoms. The number of benzene rings is 1. The van der Waals surface area contributed by atoms with Gasteiger partial charge in [0.2, 0.25) is 0 Å². The average molecular weight is 342 g/mol. The maximum atomic E-state index is 12.4. The van der Waals surface area contributed by atoms with E-state index < -0.39 is 0 Å². The van der Waals surface area contributed by atoms with Crippen LogP contribution in [0.25, 0.3) is 5.69 Å². The second kappa shape index (κ2) is 6.79. The molecule has 7 nitrogen and oxygen atoms in total. The molecule has 3 aromatic rings. The second-order valence-corrected chi connectivity index (χ2v) is 6.05. The molecular weight excluding hydrogens is 324 g/mol. The number of thioether (sulfide) groups is 1. The van der Waals surface area contributed by atoms with Gasteiger partial charge in [-0.3, -0.25) is 10.4 Å². The van der Waals surface area contributed by atoms with Gasteiger partial charge in [-0.05, 0) is 32.2 Å². The third kappa shape index (κ3) is 3.13. The molecule has 124 valence electrons. The van der Waals surface area contributed by atoms with Gasteiger partial charge in [0.25, 0.3) is 0 Å². The van der Waals surface area contributed by atoms with Crippen molar-refractivity contribution in [1.29, 1.82) is 0 Å². The minimum atomic E-state index is -0.337. The van der Waals surface area contributed by atoms with Gasteiger partial charge < -0.3 is 5.32 Å². The molecule has 2 heterocycles. The highest BCUT2D eigenvalue weighted by atomic mass is 32.2. The third-order valence-corrected chi connectivity index (χ3v) is 4.29. The van der Waals surface area contributed by atoms with Crippen LogP contribution in [-0.2, 0) is 0 Å². The van der Waals surface area contributed by atoms with Crippen LogP contribution in [0.1, 0.15) is 11.4 Å². The first-order chi connectivity index (χ1) is 11.6. The van der Waals surface area contributed by atoms with Crippen LogP contribution >= 0.6 is 11.8 Å². The van der Waals surface area contributed by atoms with Gasteiger partial charge in [0.05, 0.1) is 33.9 Å². The minimum absolute atomic E-state index is 0.337. The van der Waals surface area contributed by atoms with Gasteiger partial charge in [-0.1, -0.05) is 18.2 Å². The Morgan fingerprint density at radius 2 is 1.96 bits per heavy atom. The predicted octanol–water partition coefficient (Wildman–Crippen LogP) is 3.58. The van der Waals surface area contributed by atoms with E-state index in [2.05, 4.69) is 25.9 Å². The number of carbonyl (C=O) groups is 1. The molecule has 3 rings (SSSR count). The van der Waals surface area contributed by atoms with Crippen molar-refractivity contribution in [2.24, 2.45) is 0 Å². The molecule has 2 amide bonds. The summed E-state index contributed by atoms with van der Waals surface area (Å²) < 4.78 is 1.71. The number of hydrogen-bond donors (Lipinski definition) is 3. The van der Waals surface area contributed by atoms with Crippen LogP contribution in [0.4, 0.5) is 16.3 Å². The number of rotatable bonds is 4. The van der Waals surface area contributed by atoms with Gasteiger partial charge in [-0.25, -0.2) is 9.48 Å². The summed E-state index contributed by atoms with van der Waals surface area (Å²) in [7, 11) is 0. The van der Waals surface area contributed by atoms with Crippen LogP contribution in [-0.4, -0.2) is 32.3 Å². The molecule has 0 unspecified atom stereocenters. The first-order valence-electron chi connectivity index (χ1n) is 7.37. The van der Waals surface area contributed by atoms with E-state index in [9.17, 15) is 4.79 Å². The first-order valence-corrected chi connectivity index (χ1v) is 8.59. The average Bonchev–Trinajstić information content (AvgIpc) is 3.13. The van der Waals surface area contributed by atoms with Crippen molar-refractivity contribution in [1.82, 2.24) is 20.0 Å². The SMILES string of the molecule is CSc1cnn(-c2ccccc2)c1NC(=O)Nc1c(C)n[nH]c1C. The lowest BCUT2D eigenvalue weighted by Gasteiger charge is -2.11. The van der Waals surface area contributed by atoms with E-state index >= 15 is 0 Å². The molecule has 0 saturated heterocycles. The summed E-state index contributed by atoms with van der Waals surface area (Å²) in [6, 6.07) is 9.33. The summed E-state index contributed by atoms with van der Waals surface area (Å²) in [4.78, 5) is 13.3. The van der Waals surface area contributed by atoms with E-state index in [4.69, 9.17) is 0 Å². The number of anilines is 2. The van der Waals surface area contributed by atoms with Crippen molar-refractivity contribution in [3.05, 3.63) is 47.9 Å². The Morgan fingerprint density at radius 1 is 1.21 bits per heavy atom. The molecule has 1 aromatic carbocycles. The fourth-order valence-electron chi connectivity index (χ4n) is 2.35. The number of carbonyl (C=O) groups excluding carboxylic acids is 1. The molecule has 0 bridgehead atoms. The number of hydrogen-bond acceptors (Lipinski definition) is 4. The smallest absolute Gasteiger partial charge is 0.304 e. The quantitative estimate of drug-likeness (QED) is 0.632. The number of nitrogens with zero attached hydrogens (tertiary/aromatic N) is 3. The molecule has 2 aromatic heterocycles. The van der Waals surface area contributed by atoms with E-state index in [1.165, 1.54) is 11.8 Å². The Labute approximate surface area is 143 Å². The van der Waals surface area contributed by atoms with E-state index in [0.29, 0.717) is 11.5 Å². The molecule has 24 heavy (non-hydrogen) atoms. The van der Waals surface area contributed by atoms with E-state index in [1.807, 2.05) is 50.4 Å². The van der Waals surface area contributed by atoms with Crippen LogP contribution in [0.2, 0.25) is 0 Å². The molecule has 0 atom stereocenters. The zero-order chi connectivity index (χ0) is 17.1. The summed E-state index contributed by atoms with van der Waals surface area (Å²) in [5.74, 6) is 0.630. The zero-order valence-electron chi connectivity index (χ0n) is 13.6. The molecule has 0 radical (unpaired) electrons. The standard InChI is InChI=1S/C16H18N6OS/c1-10-14(11(2)21-20-10)18-16(23)19-15-13(24-3)9-17-22(15)12-7-5-4-6-8-12/h4-9H,1-3H3,(H,20,21)(H2,18,19,23). The molecule has 0 aliphatic heterocycles. The number of para-hydroxylation sites is 1. The summed E-state index contributed by atoms with van der Waals surface area (Å²) in [6.07, 6.45) is 3.68. The number of urea groups is 1. The number of amides is 2. The third-order valence-electron chi connectivity index (χ3n) is 3.55. The highest BCUT2D eigenvalue weighted by Gasteiger charge is 2.16. The van der Waals surface area contributed by atoms with E-state index in [-0.39, 0.29) is 6.03 Å². The van der Waals surface area contributed by atoms with Crippen molar-refractivity contribution in [3.8, 4) is 5.69 Å². The van der Waals surface area contributed by atoms with Crippen LogP contribution in [0.3, 0.4) is 0 Å². The number of aromatic amines is 1. The van der Waals surface area contributed by atoms with Crippen LogP contribution in [0, 0.1) is 13.8 Å². The van der Waals surface area contributed by atoms with Crippen molar-refractivity contribution >= 4 is 29.3 Å². The maximum absolute atomic E-state index is 12.4. The summed E-state index contributed by atoms with van der Waals surface area (Å²) in [5.41, 5.74) is 3.11. The molecule has 0 aliphatic carbocycles. The Morgan fingerprint density at radius 3 is 2.58 bits per heavy atom. The van der Waals surface area contributed by atoms with Crippen LogP contribution in [0.5, 0.6) is 0 Å². The molecular formula is C16H18N6OS.